The second-order valence-electron chi connectivity index (χ2n) is 9.56. The number of benzene rings is 1. The second kappa shape index (κ2) is 8.27. The summed E-state index contributed by atoms with van der Waals surface area (Å²) >= 11 is 6.04. The zero-order chi connectivity index (χ0) is 20.6. The SMILES string of the molecule is CCN(CC(=O)Nc1cc(Cl)ccc1C)CC(=O)NC12CC3CC(CC(C3)C1)C2. The van der Waals surface area contributed by atoms with E-state index >= 15 is 0 Å². The summed E-state index contributed by atoms with van der Waals surface area (Å²) in [6.45, 7) is 5.02. The second-order valence-corrected chi connectivity index (χ2v) is 9.99. The molecule has 0 aliphatic heterocycles. The van der Waals surface area contributed by atoms with Gasteiger partial charge in [-0.2, -0.15) is 0 Å². The van der Waals surface area contributed by atoms with Crippen LogP contribution in [0.4, 0.5) is 5.69 Å². The number of hydrogen-bond acceptors (Lipinski definition) is 3. The minimum Gasteiger partial charge on any atom is -0.350 e. The van der Waals surface area contributed by atoms with E-state index in [1.54, 1.807) is 12.1 Å². The van der Waals surface area contributed by atoms with Crippen molar-refractivity contribution in [1.82, 2.24) is 10.2 Å². The van der Waals surface area contributed by atoms with Crippen LogP contribution in [-0.4, -0.2) is 41.9 Å². The number of nitrogens with zero attached hydrogens (tertiary/aromatic N) is 1. The van der Waals surface area contributed by atoms with Crippen molar-refractivity contribution in [2.45, 2.75) is 57.9 Å². The lowest BCUT2D eigenvalue weighted by molar-refractivity contribution is -0.128. The van der Waals surface area contributed by atoms with Crippen LogP contribution in [0.2, 0.25) is 5.02 Å². The Morgan fingerprint density at radius 2 is 1.66 bits per heavy atom. The fourth-order valence-corrected chi connectivity index (χ4v) is 6.38. The van der Waals surface area contributed by atoms with Crippen LogP contribution in [0.3, 0.4) is 0 Å². The molecule has 0 heterocycles. The summed E-state index contributed by atoms with van der Waals surface area (Å²) in [6, 6.07) is 5.44. The van der Waals surface area contributed by atoms with Gasteiger partial charge in [0.15, 0.2) is 0 Å². The normalized spacial score (nSPS) is 29.9. The Labute approximate surface area is 178 Å². The first-order chi connectivity index (χ1) is 13.8. The zero-order valence-corrected chi connectivity index (χ0v) is 18.2. The van der Waals surface area contributed by atoms with Gasteiger partial charge in [0.05, 0.1) is 13.1 Å². The molecule has 0 aromatic heterocycles. The molecule has 5 rings (SSSR count). The minimum atomic E-state index is -0.125. The number of aryl methyl sites for hydroxylation is 1. The first-order valence-electron chi connectivity index (χ1n) is 10.9. The van der Waals surface area contributed by atoms with Crippen molar-refractivity contribution >= 4 is 29.1 Å². The summed E-state index contributed by atoms with van der Waals surface area (Å²) in [4.78, 5) is 27.2. The molecule has 6 heteroatoms. The Hall–Kier alpha value is -1.59. The molecular weight excluding hydrogens is 386 g/mol. The monoisotopic (exact) mass is 417 g/mol. The summed E-state index contributed by atoms with van der Waals surface area (Å²) in [5.74, 6) is 2.34. The number of carbonyl (C=O) groups is 2. The van der Waals surface area contributed by atoms with Gasteiger partial charge in [0, 0.05) is 16.2 Å². The molecule has 0 saturated heterocycles. The zero-order valence-electron chi connectivity index (χ0n) is 17.5. The lowest BCUT2D eigenvalue weighted by atomic mass is 9.53. The molecule has 4 bridgehead atoms. The number of anilines is 1. The van der Waals surface area contributed by atoms with Crippen molar-refractivity contribution < 1.29 is 9.59 Å². The first-order valence-corrected chi connectivity index (χ1v) is 11.3. The van der Waals surface area contributed by atoms with Gasteiger partial charge in [-0.1, -0.05) is 24.6 Å². The molecule has 1 aromatic rings. The molecule has 4 aliphatic carbocycles. The first kappa shape index (κ1) is 20.7. The Balaban J connectivity index is 1.31. The van der Waals surface area contributed by atoms with Crippen LogP contribution in [0.25, 0.3) is 0 Å². The van der Waals surface area contributed by atoms with Gasteiger partial charge >= 0.3 is 0 Å². The van der Waals surface area contributed by atoms with Crippen molar-refractivity contribution in [2.75, 3.05) is 25.0 Å². The highest BCUT2D eigenvalue weighted by Gasteiger charge is 2.51. The smallest absolute Gasteiger partial charge is 0.238 e. The largest absolute Gasteiger partial charge is 0.350 e. The molecule has 0 unspecified atom stereocenters. The summed E-state index contributed by atoms with van der Waals surface area (Å²) < 4.78 is 0. The maximum Gasteiger partial charge on any atom is 0.238 e. The van der Waals surface area contributed by atoms with E-state index in [4.69, 9.17) is 11.6 Å². The highest BCUT2D eigenvalue weighted by Crippen LogP contribution is 2.55. The van der Waals surface area contributed by atoms with E-state index in [0.717, 1.165) is 48.3 Å². The number of carbonyl (C=O) groups excluding carboxylic acids is 2. The van der Waals surface area contributed by atoms with Crippen molar-refractivity contribution in [3.05, 3.63) is 28.8 Å². The highest BCUT2D eigenvalue weighted by atomic mass is 35.5. The highest BCUT2D eigenvalue weighted by molar-refractivity contribution is 6.31. The fraction of sp³-hybridized carbons (Fsp3) is 0.652. The van der Waals surface area contributed by atoms with Gasteiger partial charge in [0.1, 0.15) is 0 Å². The third kappa shape index (κ3) is 4.77. The van der Waals surface area contributed by atoms with E-state index in [0.29, 0.717) is 11.6 Å². The number of likely N-dealkylation sites (N-methyl/N-ethyl adjacent to an activating group) is 1. The average Bonchev–Trinajstić information content (AvgIpc) is 2.62. The molecule has 2 N–H and O–H groups in total. The van der Waals surface area contributed by atoms with E-state index < -0.39 is 0 Å². The van der Waals surface area contributed by atoms with Crippen molar-refractivity contribution in [3.8, 4) is 0 Å². The summed E-state index contributed by atoms with van der Waals surface area (Å²) in [5, 5.41) is 6.91. The molecule has 158 valence electrons. The Morgan fingerprint density at radius 3 is 2.24 bits per heavy atom. The minimum absolute atomic E-state index is 0.0192. The van der Waals surface area contributed by atoms with E-state index in [2.05, 4.69) is 10.6 Å². The maximum atomic E-state index is 12.8. The van der Waals surface area contributed by atoms with Gasteiger partial charge in [-0.25, -0.2) is 0 Å². The van der Waals surface area contributed by atoms with Crippen molar-refractivity contribution in [2.24, 2.45) is 17.8 Å². The van der Waals surface area contributed by atoms with Gasteiger partial charge < -0.3 is 10.6 Å². The molecule has 2 amide bonds. The molecule has 0 radical (unpaired) electrons. The summed E-state index contributed by atoms with van der Waals surface area (Å²) in [7, 11) is 0. The molecule has 4 saturated carbocycles. The number of halogens is 1. The van der Waals surface area contributed by atoms with Gasteiger partial charge in [0.25, 0.3) is 0 Å². The number of hydrogen-bond donors (Lipinski definition) is 2. The Morgan fingerprint density at radius 1 is 1.07 bits per heavy atom. The van der Waals surface area contributed by atoms with Crippen LogP contribution in [0.1, 0.15) is 51.0 Å². The molecule has 0 spiro atoms. The molecule has 5 nitrogen and oxygen atoms in total. The van der Waals surface area contributed by atoms with Crippen LogP contribution in [0.5, 0.6) is 0 Å². The van der Waals surface area contributed by atoms with Gasteiger partial charge in [-0.05, 0) is 87.4 Å². The maximum absolute atomic E-state index is 12.8. The Bertz CT molecular complexity index is 759. The molecule has 4 fully saturated rings. The lowest BCUT2D eigenvalue weighted by Crippen LogP contribution is -2.61. The third-order valence-electron chi connectivity index (χ3n) is 7.10. The molecule has 0 atom stereocenters. The van der Waals surface area contributed by atoms with Crippen LogP contribution in [-0.2, 0) is 9.59 Å². The van der Waals surface area contributed by atoms with E-state index in [9.17, 15) is 9.59 Å². The molecule has 1 aromatic carbocycles. The van der Waals surface area contributed by atoms with Crippen LogP contribution >= 0.6 is 11.6 Å². The average molecular weight is 418 g/mol. The van der Waals surface area contributed by atoms with Gasteiger partial charge in [-0.15, -0.1) is 0 Å². The van der Waals surface area contributed by atoms with Crippen LogP contribution < -0.4 is 10.6 Å². The fourth-order valence-electron chi connectivity index (χ4n) is 6.20. The number of nitrogens with one attached hydrogen (secondary N) is 2. The Kier molecular flexibility index (Phi) is 5.90. The number of rotatable bonds is 7. The lowest BCUT2D eigenvalue weighted by Gasteiger charge is -2.57. The molecule has 4 aliphatic rings. The van der Waals surface area contributed by atoms with Crippen LogP contribution in [0, 0.1) is 24.7 Å². The van der Waals surface area contributed by atoms with E-state index in [-0.39, 0.29) is 30.4 Å². The quantitative estimate of drug-likeness (QED) is 0.705. The van der Waals surface area contributed by atoms with Gasteiger partial charge in [-0.3, -0.25) is 14.5 Å². The standard InChI is InChI=1S/C23H32ClN3O2/c1-3-27(13-21(28)25-20-9-19(24)5-4-15(20)2)14-22(29)26-23-10-16-6-17(11-23)8-18(7-16)12-23/h4-5,9,16-18H,3,6-8,10-14H2,1-2H3,(H,25,28)(H,26,29). The topological polar surface area (TPSA) is 61.4 Å². The van der Waals surface area contributed by atoms with Crippen molar-refractivity contribution in [1.29, 1.82) is 0 Å². The predicted molar refractivity (Wildman–Crippen MR) is 116 cm³/mol. The van der Waals surface area contributed by atoms with Crippen molar-refractivity contribution in [3.63, 3.8) is 0 Å². The van der Waals surface area contributed by atoms with Gasteiger partial charge in [0.2, 0.25) is 11.8 Å². The van der Waals surface area contributed by atoms with Crippen LogP contribution in [0.15, 0.2) is 18.2 Å². The molecule has 29 heavy (non-hydrogen) atoms. The number of amides is 2. The van der Waals surface area contributed by atoms with E-state index in [1.807, 2.05) is 24.8 Å². The molecular formula is C23H32ClN3O2. The third-order valence-corrected chi connectivity index (χ3v) is 7.33. The summed E-state index contributed by atoms with van der Waals surface area (Å²) in [6.07, 6.45) is 7.51. The van der Waals surface area contributed by atoms with E-state index in [1.165, 1.54) is 19.3 Å². The predicted octanol–water partition coefficient (Wildman–Crippen LogP) is 3.99. The summed E-state index contributed by atoms with van der Waals surface area (Å²) in [5.41, 5.74) is 1.70.